The van der Waals surface area contributed by atoms with Crippen LogP contribution in [0.2, 0.25) is 0 Å². The van der Waals surface area contributed by atoms with Crippen LogP contribution in [0.4, 0.5) is 4.79 Å². The summed E-state index contributed by atoms with van der Waals surface area (Å²) in [4.78, 5) is 42.4. The van der Waals surface area contributed by atoms with Crippen molar-refractivity contribution in [2.24, 2.45) is 0 Å². The van der Waals surface area contributed by atoms with Gasteiger partial charge in [0.05, 0.1) is 21.8 Å². The minimum Gasteiger partial charge on any atom is -0.338 e. The highest BCUT2D eigenvalue weighted by molar-refractivity contribution is 8.00. The fourth-order valence-corrected chi connectivity index (χ4v) is 4.13. The Morgan fingerprint density at radius 2 is 1.74 bits per heavy atom. The van der Waals surface area contributed by atoms with Gasteiger partial charge in [-0.1, -0.05) is 55.9 Å². The normalized spacial score (nSPS) is 12.0. The molecule has 0 bridgehead atoms. The Morgan fingerprint density at radius 3 is 2.45 bits per heavy atom. The molecule has 8 heteroatoms. The molecule has 2 aromatic carbocycles. The van der Waals surface area contributed by atoms with Crippen molar-refractivity contribution in [3.63, 3.8) is 0 Å². The van der Waals surface area contributed by atoms with Gasteiger partial charge < -0.3 is 5.32 Å². The van der Waals surface area contributed by atoms with Crippen molar-refractivity contribution >= 4 is 34.6 Å². The third-order valence-electron chi connectivity index (χ3n) is 4.77. The van der Waals surface area contributed by atoms with Crippen molar-refractivity contribution in [1.82, 2.24) is 20.2 Å². The molecule has 3 rings (SSSR count). The van der Waals surface area contributed by atoms with E-state index in [0.717, 1.165) is 23.0 Å². The van der Waals surface area contributed by atoms with Gasteiger partial charge in [-0.2, -0.15) is 0 Å². The zero-order valence-corrected chi connectivity index (χ0v) is 18.8. The molecule has 1 aromatic heterocycles. The SMILES string of the molecule is CCNC(=O)NC(=O)[C@H](C)Sc1nc2ccccc2c(=O)n1-c1ccccc1C(C)C. The molecule has 1 heterocycles. The lowest BCUT2D eigenvalue weighted by Gasteiger charge is -2.19. The molecule has 1 atom stereocenters. The van der Waals surface area contributed by atoms with Gasteiger partial charge in [0.1, 0.15) is 0 Å². The van der Waals surface area contributed by atoms with E-state index in [-0.39, 0.29) is 11.5 Å². The van der Waals surface area contributed by atoms with Crippen LogP contribution in [0.3, 0.4) is 0 Å². The van der Waals surface area contributed by atoms with Gasteiger partial charge in [-0.25, -0.2) is 9.78 Å². The monoisotopic (exact) mass is 438 g/mol. The molecule has 3 amide bonds. The Morgan fingerprint density at radius 1 is 1.06 bits per heavy atom. The smallest absolute Gasteiger partial charge is 0.321 e. The van der Waals surface area contributed by atoms with E-state index in [4.69, 9.17) is 4.98 Å². The summed E-state index contributed by atoms with van der Waals surface area (Å²) < 4.78 is 1.57. The van der Waals surface area contributed by atoms with Crippen molar-refractivity contribution in [2.45, 2.75) is 44.0 Å². The third-order valence-corrected chi connectivity index (χ3v) is 5.82. The topological polar surface area (TPSA) is 93.1 Å². The number of thioether (sulfide) groups is 1. The van der Waals surface area contributed by atoms with Gasteiger partial charge in [-0.3, -0.25) is 19.5 Å². The van der Waals surface area contributed by atoms with E-state index >= 15 is 0 Å². The molecular formula is C23H26N4O3S. The first-order chi connectivity index (χ1) is 14.8. The number of fused-ring (bicyclic) bond motifs is 1. The highest BCUT2D eigenvalue weighted by atomic mass is 32.2. The summed E-state index contributed by atoms with van der Waals surface area (Å²) >= 11 is 1.14. The van der Waals surface area contributed by atoms with E-state index in [2.05, 4.69) is 24.5 Å². The van der Waals surface area contributed by atoms with E-state index < -0.39 is 17.2 Å². The second-order valence-corrected chi connectivity index (χ2v) is 8.68. The average Bonchev–Trinajstić information content (AvgIpc) is 2.74. The highest BCUT2D eigenvalue weighted by Crippen LogP contribution is 2.29. The first kappa shape index (κ1) is 22.6. The number of aromatic nitrogens is 2. The zero-order chi connectivity index (χ0) is 22.5. The van der Waals surface area contributed by atoms with Crippen molar-refractivity contribution in [3.05, 3.63) is 64.4 Å². The molecule has 0 spiro atoms. The van der Waals surface area contributed by atoms with E-state index in [9.17, 15) is 14.4 Å². The molecule has 2 N–H and O–H groups in total. The number of nitrogens with zero attached hydrogens (tertiary/aromatic N) is 2. The maximum Gasteiger partial charge on any atom is 0.321 e. The summed E-state index contributed by atoms with van der Waals surface area (Å²) in [6, 6.07) is 14.3. The second-order valence-electron chi connectivity index (χ2n) is 7.37. The average molecular weight is 439 g/mol. The van der Waals surface area contributed by atoms with Crippen LogP contribution in [-0.2, 0) is 4.79 Å². The van der Waals surface area contributed by atoms with Crippen LogP contribution in [-0.4, -0.2) is 33.3 Å². The van der Waals surface area contributed by atoms with Crippen molar-refractivity contribution in [3.8, 4) is 5.69 Å². The lowest BCUT2D eigenvalue weighted by molar-refractivity contribution is -0.119. The molecule has 0 aliphatic carbocycles. The lowest BCUT2D eigenvalue weighted by atomic mass is 10.0. The maximum atomic E-state index is 13.5. The van der Waals surface area contributed by atoms with E-state index in [1.54, 1.807) is 36.6 Å². The molecule has 7 nitrogen and oxygen atoms in total. The largest absolute Gasteiger partial charge is 0.338 e. The standard InChI is InChI=1S/C23H26N4O3S/c1-5-24-22(30)26-20(28)15(4)31-23-25-18-12-8-6-11-17(18)21(29)27(23)19-13-9-7-10-16(19)14(2)3/h6-15H,5H2,1-4H3,(H2,24,26,28,30)/t15-/m0/s1. The number of urea groups is 1. The first-order valence-electron chi connectivity index (χ1n) is 10.2. The van der Waals surface area contributed by atoms with Crippen LogP contribution in [0.15, 0.2) is 58.5 Å². The summed E-state index contributed by atoms with van der Waals surface area (Å²) in [5.74, 6) is -0.270. The fraction of sp³-hybridized carbons (Fsp3) is 0.304. The first-order valence-corrected chi connectivity index (χ1v) is 11.1. The molecule has 0 aliphatic heterocycles. The molecule has 0 unspecified atom stereocenters. The minimum absolute atomic E-state index is 0.186. The van der Waals surface area contributed by atoms with E-state index in [1.807, 2.05) is 30.3 Å². The summed E-state index contributed by atoms with van der Waals surface area (Å²) in [6.45, 7) is 7.99. The Labute approximate surface area is 185 Å². The van der Waals surface area contributed by atoms with Gasteiger partial charge >= 0.3 is 6.03 Å². The number of nitrogens with one attached hydrogen (secondary N) is 2. The van der Waals surface area contributed by atoms with Crippen LogP contribution >= 0.6 is 11.8 Å². The molecular weight excluding hydrogens is 412 g/mol. The molecule has 0 saturated carbocycles. The van der Waals surface area contributed by atoms with Crippen molar-refractivity contribution in [1.29, 1.82) is 0 Å². The van der Waals surface area contributed by atoms with Gasteiger partial charge in [0.2, 0.25) is 5.91 Å². The third kappa shape index (κ3) is 4.96. The van der Waals surface area contributed by atoms with Gasteiger partial charge in [0, 0.05) is 6.54 Å². The molecule has 0 saturated heterocycles. The van der Waals surface area contributed by atoms with Gasteiger partial charge in [0.25, 0.3) is 5.56 Å². The number of para-hydroxylation sites is 2. The van der Waals surface area contributed by atoms with Crippen LogP contribution in [0, 0.1) is 0 Å². The predicted octanol–water partition coefficient (Wildman–Crippen LogP) is 3.84. The maximum absolute atomic E-state index is 13.5. The fourth-order valence-electron chi connectivity index (χ4n) is 3.21. The molecule has 0 aliphatic rings. The summed E-state index contributed by atoms with van der Waals surface area (Å²) in [5.41, 5.74) is 2.10. The number of carbonyl (C=O) groups excluding carboxylic acids is 2. The zero-order valence-electron chi connectivity index (χ0n) is 18.0. The number of rotatable bonds is 6. The van der Waals surface area contributed by atoms with Crippen LogP contribution in [0.5, 0.6) is 0 Å². The highest BCUT2D eigenvalue weighted by Gasteiger charge is 2.22. The summed E-state index contributed by atoms with van der Waals surface area (Å²) in [7, 11) is 0. The van der Waals surface area contributed by atoms with Gasteiger partial charge in [-0.05, 0) is 43.5 Å². The molecule has 162 valence electrons. The van der Waals surface area contributed by atoms with Crippen molar-refractivity contribution in [2.75, 3.05) is 6.54 Å². The number of hydrogen-bond donors (Lipinski definition) is 2. The Bertz CT molecular complexity index is 1170. The number of hydrogen-bond acceptors (Lipinski definition) is 5. The van der Waals surface area contributed by atoms with Crippen LogP contribution < -0.4 is 16.2 Å². The number of benzene rings is 2. The minimum atomic E-state index is -0.645. The Kier molecular flexibility index (Phi) is 7.12. The lowest BCUT2D eigenvalue weighted by Crippen LogP contribution is -2.42. The molecule has 0 fully saturated rings. The molecule has 0 radical (unpaired) electrons. The van der Waals surface area contributed by atoms with Crippen LogP contribution in [0.1, 0.15) is 39.2 Å². The molecule has 31 heavy (non-hydrogen) atoms. The number of amides is 3. The van der Waals surface area contributed by atoms with Gasteiger partial charge in [-0.15, -0.1) is 0 Å². The van der Waals surface area contributed by atoms with E-state index in [1.165, 1.54) is 0 Å². The predicted molar refractivity (Wildman–Crippen MR) is 124 cm³/mol. The number of carbonyl (C=O) groups is 2. The van der Waals surface area contributed by atoms with Gasteiger partial charge in [0.15, 0.2) is 5.16 Å². The van der Waals surface area contributed by atoms with Crippen LogP contribution in [0.25, 0.3) is 16.6 Å². The Balaban J connectivity index is 2.11. The summed E-state index contributed by atoms with van der Waals surface area (Å²) in [6.07, 6.45) is 0. The number of imide groups is 1. The quantitative estimate of drug-likeness (QED) is 0.451. The van der Waals surface area contributed by atoms with E-state index in [0.29, 0.717) is 22.6 Å². The molecule has 3 aromatic rings. The Hall–Kier alpha value is -3.13. The second kappa shape index (κ2) is 9.78. The summed E-state index contributed by atoms with van der Waals surface area (Å²) in [5, 5.41) is 5.11. The van der Waals surface area contributed by atoms with Crippen molar-refractivity contribution < 1.29 is 9.59 Å².